The largest absolute Gasteiger partial charge is 0.347 e. The van der Waals surface area contributed by atoms with Crippen molar-refractivity contribution < 1.29 is 4.79 Å². The molecule has 1 rings (SSSR count). The minimum atomic E-state index is -0.176. The molecule has 1 unspecified atom stereocenters. The van der Waals surface area contributed by atoms with Gasteiger partial charge >= 0.3 is 0 Å². The molecular formula is C13H24N4O. The first-order valence-electron chi connectivity index (χ1n) is 6.49. The molecule has 5 nitrogen and oxygen atoms in total. The molecule has 1 amide bonds. The summed E-state index contributed by atoms with van der Waals surface area (Å²) < 4.78 is 1.98. The number of rotatable bonds is 6. The molecule has 1 N–H and O–H groups in total. The van der Waals surface area contributed by atoms with Gasteiger partial charge in [0.1, 0.15) is 0 Å². The fourth-order valence-electron chi connectivity index (χ4n) is 1.84. The zero-order chi connectivity index (χ0) is 13.7. The molecule has 0 aliphatic heterocycles. The number of amides is 1. The Labute approximate surface area is 109 Å². The van der Waals surface area contributed by atoms with Crippen molar-refractivity contribution in [2.75, 3.05) is 14.1 Å². The van der Waals surface area contributed by atoms with Crippen LogP contribution in [0.1, 0.15) is 32.2 Å². The summed E-state index contributed by atoms with van der Waals surface area (Å²) in [6, 6.07) is 1.92. The van der Waals surface area contributed by atoms with E-state index in [-0.39, 0.29) is 11.9 Å². The highest BCUT2D eigenvalue weighted by atomic mass is 16.2. The Kier molecular flexibility index (Phi) is 5.34. The van der Waals surface area contributed by atoms with Crippen LogP contribution < -0.4 is 5.32 Å². The van der Waals surface area contributed by atoms with Crippen LogP contribution in [0.5, 0.6) is 0 Å². The molecule has 0 radical (unpaired) electrons. The average Bonchev–Trinajstić information content (AvgIpc) is 2.77. The van der Waals surface area contributed by atoms with Gasteiger partial charge in [0.05, 0.1) is 17.4 Å². The van der Waals surface area contributed by atoms with Gasteiger partial charge in [0.25, 0.3) is 0 Å². The fraction of sp³-hybridized carbons (Fsp3) is 0.692. The first kappa shape index (κ1) is 14.7. The Morgan fingerprint density at radius 1 is 1.50 bits per heavy atom. The summed E-state index contributed by atoms with van der Waals surface area (Å²) in [6.45, 7) is 7.58. The van der Waals surface area contributed by atoms with Gasteiger partial charge < -0.3 is 10.2 Å². The van der Waals surface area contributed by atoms with Crippen LogP contribution in [0.4, 0.5) is 0 Å². The lowest BCUT2D eigenvalue weighted by atomic mass is 10.2. The number of aromatic nitrogens is 2. The van der Waals surface area contributed by atoms with Gasteiger partial charge in [-0.1, -0.05) is 6.92 Å². The highest BCUT2D eigenvalue weighted by Crippen LogP contribution is 2.06. The van der Waals surface area contributed by atoms with Gasteiger partial charge in [-0.25, -0.2) is 0 Å². The maximum Gasteiger partial charge on any atom is 0.238 e. The molecule has 1 aromatic heterocycles. The van der Waals surface area contributed by atoms with Crippen LogP contribution in [-0.2, 0) is 24.3 Å². The summed E-state index contributed by atoms with van der Waals surface area (Å²) in [4.78, 5) is 13.3. The number of aryl methyl sites for hydroxylation is 2. The highest BCUT2D eigenvalue weighted by Gasteiger charge is 2.15. The lowest BCUT2D eigenvalue weighted by Gasteiger charge is -2.18. The van der Waals surface area contributed by atoms with E-state index >= 15 is 0 Å². The van der Waals surface area contributed by atoms with Crippen molar-refractivity contribution in [3.8, 4) is 0 Å². The molecule has 0 fully saturated rings. The van der Waals surface area contributed by atoms with Crippen molar-refractivity contribution in [3.63, 3.8) is 0 Å². The molecule has 1 heterocycles. The number of nitrogens with one attached hydrogen (secondary N) is 1. The molecule has 5 heteroatoms. The standard InChI is InChI=1S/C13H24N4O/c1-6-11-8-12(17(7-2)15-11)9-14-10(3)13(18)16(4)5/h8,10,14H,6-7,9H2,1-5H3. The number of carbonyl (C=O) groups is 1. The summed E-state index contributed by atoms with van der Waals surface area (Å²) in [7, 11) is 3.54. The first-order valence-corrected chi connectivity index (χ1v) is 6.49. The van der Waals surface area contributed by atoms with E-state index in [4.69, 9.17) is 0 Å². The van der Waals surface area contributed by atoms with E-state index in [1.165, 1.54) is 0 Å². The van der Waals surface area contributed by atoms with Gasteiger partial charge in [0.2, 0.25) is 5.91 Å². The second-order valence-electron chi connectivity index (χ2n) is 4.63. The number of likely N-dealkylation sites (N-methyl/N-ethyl adjacent to an activating group) is 1. The maximum absolute atomic E-state index is 11.7. The molecule has 0 bridgehead atoms. The Morgan fingerprint density at radius 3 is 2.67 bits per heavy atom. The van der Waals surface area contributed by atoms with E-state index in [0.717, 1.165) is 24.4 Å². The number of carbonyl (C=O) groups excluding carboxylic acids is 1. The van der Waals surface area contributed by atoms with Gasteiger partial charge in [-0.15, -0.1) is 0 Å². The van der Waals surface area contributed by atoms with Crippen LogP contribution in [0.3, 0.4) is 0 Å². The third-order valence-electron chi connectivity index (χ3n) is 2.98. The smallest absolute Gasteiger partial charge is 0.238 e. The summed E-state index contributed by atoms with van der Waals surface area (Å²) in [6.07, 6.45) is 0.937. The minimum absolute atomic E-state index is 0.0910. The van der Waals surface area contributed by atoms with Crippen molar-refractivity contribution in [1.29, 1.82) is 0 Å². The van der Waals surface area contributed by atoms with Gasteiger partial charge in [-0.2, -0.15) is 5.10 Å². The van der Waals surface area contributed by atoms with E-state index in [9.17, 15) is 4.79 Å². The summed E-state index contributed by atoms with van der Waals surface area (Å²) >= 11 is 0. The molecular weight excluding hydrogens is 228 g/mol. The van der Waals surface area contributed by atoms with Crippen molar-refractivity contribution in [3.05, 3.63) is 17.5 Å². The van der Waals surface area contributed by atoms with Crippen molar-refractivity contribution in [2.45, 2.75) is 46.3 Å². The van der Waals surface area contributed by atoms with E-state index in [0.29, 0.717) is 6.54 Å². The van der Waals surface area contributed by atoms with Crippen molar-refractivity contribution in [2.24, 2.45) is 0 Å². The van der Waals surface area contributed by atoms with Gasteiger partial charge in [-0.05, 0) is 26.3 Å². The lowest BCUT2D eigenvalue weighted by molar-refractivity contribution is -0.130. The topological polar surface area (TPSA) is 50.2 Å². The van der Waals surface area contributed by atoms with Gasteiger partial charge in [0, 0.05) is 27.2 Å². The van der Waals surface area contributed by atoms with Gasteiger partial charge in [-0.3, -0.25) is 9.48 Å². The summed E-state index contributed by atoms with van der Waals surface area (Å²) in [5.41, 5.74) is 2.23. The molecule has 102 valence electrons. The fourth-order valence-corrected chi connectivity index (χ4v) is 1.84. The lowest BCUT2D eigenvalue weighted by Crippen LogP contribution is -2.41. The summed E-state index contributed by atoms with van der Waals surface area (Å²) in [5.74, 6) is 0.0910. The third-order valence-corrected chi connectivity index (χ3v) is 2.98. The third kappa shape index (κ3) is 3.57. The van der Waals surface area contributed by atoms with Crippen LogP contribution in [0.2, 0.25) is 0 Å². The number of hydrogen-bond donors (Lipinski definition) is 1. The maximum atomic E-state index is 11.7. The molecule has 0 saturated heterocycles. The SMILES string of the molecule is CCc1cc(CNC(C)C(=O)N(C)C)n(CC)n1. The Balaban J connectivity index is 2.62. The van der Waals surface area contributed by atoms with Crippen LogP contribution in [-0.4, -0.2) is 40.7 Å². The molecule has 1 aromatic rings. The molecule has 1 atom stereocenters. The quantitative estimate of drug-likeness (QED) is 0.823. The van der Waals surface area contributed by atoms with Crippen molar-refractivity contribution >= 4 is 5.91 Å². The summed E-state index contributed by atoms with van der Waals surface area (Å²) in [5, 5.41) is 7.73. The zero-order valence-corrected chi connectivity index (χ0v) is 12.0. The normalized spacial score (nSPS) is 12.5. The Hall–Kier alpha value is -1.36. The second-order valence-corrected chi connectivity index (χ2v) is 4.63. The molecule has 0 spiro atoms. The predicted molar refractivity (Wildman–Crippen MR) is 72.3 cm³/mol. The van der Waals surface area contributed by atoms with Crippen molar-refractivity contribution in [1.82, 2.24) is 20.0 Å². The zero-order valence-electron chi connectivity index (χ0n) is 12.0. The van der Waals surface area contributed by atoms with Crippen LogP contribution >= 0.6 is 0 Å². The molecule has 0 aliphatic rings. The first-order chi connectivity index (χ1) is 8.49. The monoisotopic (exact) mass is 252 g/mol. The van der Waals surface area contributed by atoms with Crippen LogP contribution in [0.25, 0.3) is 0 Å². The molecule has 0 aliphatic carbocycles. The molecule has 0 aromatic carbocycles. The second kappa shape index (κ2) is 6.54. The van der Waals surface area contributed by atoms with E-state index in [1.54, 1.807) is 19.0 Å². The molecule has 18 heavy (non-hydrogen) atoms. The minimum Gasteiger partial charge on any atom is -0.347 e. The Morgan fingerprint density at radius 2 is 2.17 bits per heavy atom. The molecule has 0 saturated carbocycles. The Bertz CT molecular complexity index is 398. The predicted octanol–water partition coefficient (Wildman–Crippen LogP) is 1.03. The van der Waals surface area contributed by atoms with Crippen LogP contribution in [0.15, 0.2) is 6.07 Å². The van der Waals surface area contributed by atoms with E-state index < -0.39 is 0 Å². The number of nitrogens with zero attached hydrogens (tertiary/aromatic N) is 3. The number of hydrogen-bond acceptors (Lipinski definition) is 3. The average molecular weight is 252 g/mol. The van der Waals surface area contributed by atoms with E-state index in [2.05, 4.69) is 30.3 Å². The van der Waals surface area contributed by atoms with Gasteiger partial charge in [0.15, 0.2) is 0 Å². The highest BCUT2D eigenvalue weighted by molar-refractivity contribution is 5.80. The van der Waals surface area contributed by atoms with Crippen LogP contribution in [0, 0.1) is 0 Å². The van der Waals surface area contributed by atoms with E-state index in [1.807, 2.05) is 11.6 Å².